The minimum Gasteiger partial charge on any atom is -0.338 e. The van der Waals surface area contributed by atoms with Crippen LogP contribution in [0.3, 0.4) is 0 Å². The van der Waals surface area contributed by atoms with E-state index >= 15 is 0 Å². The molecule has 3 nitrogen and oxygen atoms in total. The van der Waals surface area contributed by atoms with E-state index in [9.17, 15) is 9.18 Å². The summed E-state index contributed by atoms with van der Waals surface area (Å²) in [6.07, 6.45) is 6.54. The van der Waals surface area contributed by atoms with Crippen molar-refractivity contribution in [3.63, 3.8) is 0 Å². The lowest BCUT2D eigenvalue weighted by atomic mass is 10.2. The van der Waals surface area contributed by atoms with Crippen LogP contribution in [0.1, 0.15) is 11.1 Å². The van der Waals surface area contributed by atoms with Crippen LogP contribution >= 0.6 is 0 Å². The van der Waals surface area contributed by atoms with Gasteiger partial charge < -0.3 is 4.90 Å². The van der Waals surface area contributed by atoms with Crippen molar-refractivity contribution in [3.8, 4) is 0 Å². The molecule has 0 atom stereocenters. The number of pyridine rings is 1. The number of aromatic nitrogens is 1. The number of likely N-dealkylation sites (N-methyl/N-ethyl adjacent to an activating group) is 1. The number of hydrogen-bond donors (Lipinski definition) is 0. The molecule has 102 valence electrons. The van der Waals surface area contributed by atoms with Gasteiger partial charge in [-0.1, -0.05) is 12.1 Å². The van der Waals surface area contributed by atoms with Crippen LogP contribution in [-0.2, 0) is 11.3 Å². The molecule has 0 unspecified atom stereocenters. The molecular weight excluding hydrogens is 255 g/mol. The Balaban J connectivity index is 1.95. The average molecular weight is 270 g/mol. The number of amides is 1. The fourth-order valence-electron chi connectivity index (χ4n) is 1.71. The number of benzene rings is 1. The van der Waals surface area contributed by atoms with Crippen LogP contribution in [0, 0.1) is 5.82 Å². The maximum Gasteiger partial charge on any atom is 0.246 e. The van der Waals surface area contributed by atoms with E-state index in [1.165, 1.54) is 18.2 Å². The maximum absolute atomic E-state index is 12.8. The van der Waals surface area contributed by atoms with Gasteiger partial charge in [-0.05, 0) is 41.5 Å². The first-order chi connectivity index (χ1) is 9.65. The maximum atomic E-state index is 12.8. The van der Waals surface area contributed by atoms with E-state index in [1.807, 2.05) is 12.1 Å². The van der Waals surface area contributed by atoms with Crippen molar-refractivity contribution in [3.05, 3.63) is 71.8 Å². The molecule has 4 heteroatoms. The summed E-state index contributed by atoms with van der Waals surface area (Å²) >= 11 is 0. The van der Waals surface area contributed by atoms with E-state index in [0.29, 0.717) is 6.54 Å². The van der Waals surface area contributed by atoms with E-state index in [1.54, 1.807) is 42.6 Å². The van der Waals surface area contributed by atoms with Crippen molar-refractivity contribution in [2.45, 2.75) is 6.54 Å². The Labute approximate surface area is 117 Å². The molecule has 1 heterocycles. The SMILES string of the molecule is CN(Cc1ccncc1)C(=O)/C=C/c1ccc(F)cc1. The summed E-state index contributed by atoms with van der Waals surface area (Å²) in [7, 11) is 1.73. The van der Waals surface area contributed by atoms with Gasteiger partial charge in [-0.25, -0.2) is 4.39 Å². The molecule has 0 radical (unpaired) electrons. The second kappa shape index (κ2) is 6.61. The summed E-state index contributed by atoms with van der Waals surface area (Å²) in [5, 5.41) is 0. The van der Waals surface area contributed by atoms with Crippen molar-refractivity contribution >= 4 is 12.0 Å². The summed E-state index contributed by atoms with van der Waals surface area (Å²) in [5.74, 6) is -0.394. The Hall–Kier alpha value is -2.49. The number of halogens is 1. The van der Waals surface area contributed by atoms with Gasteiger partial charge in [0.15, 0.2) is 0 Å². The predicted molar refractivity (Wildman–Crippen MR) is 76.1 cm³/mol. The van der Waals surface area contributed by atoms with Crippen molar-refractivity contribution < 1.29 is 9.18 Å². The van der Waals surface area contributed by atoms with E-state index in [-0.39, 0.29) is 11.7 Å². The number of nitrogens with zero attached hydrogens (tertiary/aromatic N) is 2. The van der Waals surface area contributed by atoms with Crippen molar-refractivity contribution in [2.24, 2.45) is 0 Å². The molecule has 0 saturated heterocycles. The zero-order valence-corrected chi connectivity index (χ0v) is 11.2. The molecule has 1 aromatic heterocycles. The van der Waals surface area contributed by atoms with Gasteiger partial charge in [0, 0.05) is 32.1 Å². The Bertz CT molecular complexity index is 594. The molecular formula is C16H15FN2O. The van der Waals surface area contributed by atoms with Gasteiger partial charge in [0.2, 0.25) is 5.91 Å². The molecule has 0 aliphatic rings. The minimum atomic E-state index is -0.289. The van der Waals surface area contributed by atoms with Gasteiger partial charge in [0.1, 0.15) is 5.82 Å². The van der Waals surface area contributed by atoms with Crippen LogP contribution in [0.15, 0.2) is 54.9 Å². The zero-order chi connectivity index (χ0) is 14.4. The summed E-state index contributed by atoms with van der Waals surface area (Å²) in [6.45, 7) is 0.523. The lowest BCUT2D eigenvalue weighted by Crippen LogP contribution is -2.24. The van der Waals surface area contributed by atoms with E-state index in [4.69, 9.17) is 0 Å². The first-order valence-electron chi connectivity index (χ1n) is 6.23. The van der Waals surface area contributed by atoms with Crippen LogP contribution in [0.4, 0.5) is 4.39 Å². The van der Waals surface area contributed by atoms with E-state index in [2.05, 4.69) is 4.98 Å². The van der Waals surface area contributed by atoms with Crippen LogP contribution < -0.4 is 0 Å². The Morgan fingerprint density at radius 2 is 1.85 bits per heavy atom. The highest BCUT2D eigenvalue weighted by Gasteiger charge is 2.05. The highest BCUT2D eigenvalue weighted by molar-refractivity contribution is 5.91. The van der Waals surface area contributed by atoms with Gasteiger partial charge in [0.25, 0.3) is 0 Å². The molecule has 0 aliphatic carbocycles. The second-order valence-corrected chi connectivity index (χ2v) is 4.43. The largest absolute Gasteiger partial charge is 0.338 e. The number of carbonyl (C=O) groups is 1. The molecule has 20 heavy (non-hydrogen) atoms. The number of carbonyl (C=O) groups excluding carboxylic acids is 1. The van der Waals surface area contributed by atoms with Gasteiger partial charge in [-0.2, -0.15) is 0 Å². The van der Waals surface area contributed by atoms with E-state index in [0.717, 1.165) is 11.1 Å². The lowest BCUT2D eigenvalue weighted by Gasteiger charge is -2.14. The summed E-state index contributed by atoms with van der Waals surface area (Å²) in [5.41, 5.74) is 1.81. The highest BCUT2D eigenvalue weighted by atomic mass is 19.1. The minimum absolute atomic E-state index is 0.105. The van der Waals surface area contributed by atoms with Gasteiger partial charge in [-0.15, -0.1) is 0 Å². The average Bonchev–Trinajstić information content (AvgIpc) is 2.47. The predicted octanol–water partition coefficient (Wildman–Crippen LogP) is 2.89. The molecule has 1 amide bonds. The van der Waals surface area contributed by atoms with Crippen LogP contribution in [-0.4, -0.2) is 22.8 Å². The third-order valence-corrected chi connectivity index (χ3v) is 2.83. The lowest BCUT2D eigenvalue weighted by molar-refractivity contribution is -0.125. The molecule has 0 fully saturated rings. The number of hydrogen-bond acceptors (Lipinski definition) is 2. The quantitative estimate of drug-likeness (QED) is 0.800. The van der Waals surface area contributed by atoms with Crippen molar-refractivity contribution in [1.29, 1.82) is 0 Å². The summed E-state index contributed by atoms with van der Waals surface area (Å²) < 4.78 is 12.8. The van der Waals surface area contributed by atoms with Crippen LogP contribution in [0.5, 0.6) is 0 Å². The molecule has 2 rings (SSSR count). The van der Waals surface area contributed by atoms with Gasteiger partial charge >= 0.3 is 0 Å². The normalized spacial score (nSPS) is 10.7. The van der Waals surface area contributed by atoms with Crippen molar-refractivity contribution in [1.82, 2.24) is 9.88 Å². The standard InChI is InChI=1S/C16H15FN2O/c1-19(12-14-8-10-18-11-9-14)16(20)7-4-13-2-5-15(17)6-3-13/h2-11H,12H2,1H3/b7-4+. The molecule has 0 N–H and O–H groups in total. The van der Waals surface area contributed by atoms with E-state index < -0.39 is 0 Å². The van der Waals surface area contributed by atoms with Gasteiger partial charge in [-0.3, -0.25) is 9.78 Å². The molecule has 0 spiro atoms. The first-order valence-corrected chi connectivity index (χ1v) is 6.23. The zero-order valence-electron chi connectivity index (χ0n) is 11.2. The molecule has 2 aromatic rings. The summed E-state index contributed by atoms with van der Waals surface area (Å²) in [4.78, 5) is 17.5. The molecule has 0 bridgehead atoms. The summed E-state index contributed by atoms with van der Waals surface area (Å²) in [6, 6.07) is 9.72. The first kappa shape index (κ1) is 13.9. The third kappa shape index (κ3) is 4.02. The third-order valence-electron chi connectivity index (χ3n) is 2.83. The van der Waals surface area contributed by atoms with Crippen LogP contribution in [0.2, 0.25) is 0 Å². The highest BCUT2D eigenvalue weighted by Crippen LogP contribution is 2.06. The molecule has 0 aliphatic heterocycles. The molecule has 1 aromatic carbocycles. The Morgan fingerprint density at radius 3 is 2.50 bits per heavy atom. The smallest absolute Gasteiger partial charge is 0.246 e. The Morgan fingerprint density at radius 1 is 1.20 bits per heavy atom. The van der Waals surface area contributed by atoms with Gasteiger partial charge in [0.05, 0.1) is 0 Å². The fourth-order valence-corrected chi connectivity index (χ4v) is 1.71. The topological polar surface area (TPSA) is 33.2 Å². The fraction of sp³-hybridized carbons (Fsp3) is 0.125. The second-order valence-electron chi connectivity index (χ2n) is 4.43. The molecule has 0 saturated carbocycles. The monoisotopic (exact) mass is 270 g/mol. The Kier molecular flexibility index (Phi) is 4.60. The number of rotatable bonds is 4. The van der Waals surface area contributed by atoms with Crippen LogP contribution in [0.25, 0.3) is 6.08 Å². The van der Waals surface area contributed by atoms with Crippen molar-refractivity contribution in [2.75, 3.05) is 7.05 Å².